The van der Waals surface area contributed by atoms with Crippen molar-refractivity contribution in [3.8, 4) is 5.75 Å². The smallest absolute Gasteiger partial charge is 0.119 e. The Bertz CT molecular complexity index is 437. The number of nitrogens with zero attached hydrogens (tertiary/aromatic N) is 1. The molecule has 3 nitrogen and oxygen atoms in total. The van der Waals surface area contributed by atoms with Crippen molar-refractivity contribution in [1.82, 2.24) is 4.90 Å². The molecule has 1 aromatic carbocycles. The number of ether oxygens (including phenoxy) is 1. The van der Waals surface area contributed by atoms with E-state index >= 15 is 0 Å². The number of hydrogen-bond acceptors (Lipinski definition) is 3. The first kappa shape index (κ1) is 16.3. The van der Waals surface area contributed by atoms with E-state index in [-0.39, 0.29) is 11.6 Å². The number of hydrogen-bond donors (Lipinski definition) is 1. The van der Waals surface area contributed by atoms with Crippen LogP contribution in [0.5, 0.6) is 5.75 Å². The minimum Gasteiger partial charge on any atom is -0.494 e. The molecular formula is C18H30N2O. The molecule has 0 bridgehead atoms. The Morgan fingerprint density at radius 2 is 1.86 bits per heavy atom. The van der Waals surface area contributed by atoms with Gasteiger partial charge in [0.05, 0.1) is 6.61 Å². The van der Waals surface area contributed by atoms with Crippen molar-refractivity contribution in [3.63, 3.8) is 0 Å². The van der Waals surface area contributed by atoms with Gasteiger partial charge in [-0.05, 0) is 50.6 Å². The first-order valence-electron chi connectivity index (χ1n) is 8.41. The van der Waals surface area contributed by atoms with Gasteiger partial charge in [0.2, 0.25) is 0 Å². The van der Waals surface area contributed by atoms with Crippen molar-refractivity contribution < 1.29 is 4.74 Å². The molecule has 118 valence electrons. The maximum absolute atomic E-state index is 6.76. The maximum Gasteiger partial charge on any atom is 0.119 e. The highest BCUT2D eigenvalue weighted by Gasteiger charge is 2.43. The quantitative estimate of drug-likeness (QED) is 0.831. The normalized spacial score (nSPS) is 18.9. The van der Waals surface area contributed by atoms with E-state index in [4.69, 9.17) is 10.5 Å². The van der Waals surface area contributed by atoms with Crippen molar-refractivity contribution in [2.75, 3.05) is 19.7 Å². The van der Waals surface area contributed by atoms with Crippen molar-refractivity contribution >= 4 is 0 Å². The van der Waals surface area contributed by atoms with Crippen LogP contribution < -0.4 is 10.5 Å². The fourth-order valence-electron chi connectivity index (χ4n) is 3.94. The van der Waals surface area contributed by atoms with Crippen LogP contribution in [0.15, 0.2) is 24.3 Å². The molecule has 2 rings (SSSR count). The van der Waals surface area contributed by atoms with E-state index < -0.39 is 0 Å². The van der Waals surface area contributed by atoms with Crippen molar-refractivity contribution in [3.05, 3.63) is 29.8 Å². The molecule has 1 aromatic rings. The lowest BCUT2D eigenvalue weighted by Gasteiger charge is -2.45. The van der Waals surface area contributed by atoms with Crippen molar-refractivity contribution in [2.24, 2.45) is 5.73 Å². The van der Waals surface area contributed by atoms with Gasteiger partial charge in [-0.2, -0.15) is 0 Å². The van der Waals surface area contributed by atoms with Crippen LogP contribution in [-0.2, 0) is 0 Å². The Morgan fingerprint density at radius 1 is 1.19 bits per heavy atom. The fraction of sp³-hybridized carbons (Fsp3) is 0.667. The van der Waals surface area contributed by atoms with Crippen LogP contribution in [0.2, 0.25) is 0 Å². The maximum atomic E-state index is 6.76. The van der Waals surface area contributed by atoms with Crippen LogP contribution in [-0.4, -0.2) is 30.1 Å². The average Bonchev–Trinajstić information content (AvgIpc) is 2.99. The second-order valence-electron chi connectivity index (χ2n) is 5.97. The predicted octanol–water partition coefficient (Wildman–Crippen LogP) is 3.74. The third kappa shape index (κ3) is 3.24. The molecule has 1 fully saturated rings. The summed E-state index contributed by atoms with van der Waals surface area (Å²) in [5.74, 6) is 0.929. The molecule has 0 aromatic heterocycles. The molecule has 0 aliphatic heterocycles. The molecule has 21 heavy (non-hydrogen) atoms. The molecule has 1 aliphatic rings. The number of benzene rings is 1. The summed E-state index contributed by atoms with van der Waals surface area (Å²) in [5, 5.41) is 0. The van der Waals surface area contributed by atoms with Crippen LogP contribution in [0, 0.1) is 0 Å². The standard InChI is InChI=1S/C18H30N2O/c1-4-20(5-2)18(12-7-8-13-18)17(19)15-10-9-11-16(14-15)21-6-3/h9-11,14,17H,4-8,12-13,19H2,1-3H3. The van der Waals surface area contributed by atoms with Gasteiger partial charge >= 0.3 is 0 Å². The summed E-state index contributed by atoms with van der Waals surface area (Å²) in [7, 11) is 0. The Labute approximate surface area is 129 Å². The SMILES string of the molecule is CCOc1cccc(C(N)C2(N(CC)CC)CCCC2)c1. The molecule has 0 radical (unpaired) electrons. The summed E-state index contributed by atoms with van der Waals surface area (Å²) in [6.45, 7) is 9.32. The van der Waals surface area contributed by atoms with Gasteiger partial charge in [-0.15, -0.1) is 0 Å². The van der Waals surface area contributed by atoms with E-state index in [1.807, 2.05) is 13.0 Å². The van der Waals surface area contributed by atoms with Crippen LogP contribution in [0.3, 0.4) is 0 Å². The zero-order valence-electron chi connectivity index (χ0n) is 13.8. The largest absolute Gasteiger partial charge is 0.494 e. The van der Waals surface area contributed by atoms with Crippen molar-refractivity contribution in [1.29, 1.82) is 0 Å². The van der Waals surface area contributed by atoms with Gasteiger partial charge in [-0.25, -0.2) is 0 Å². The van der Waals surface area contributed by atoms with Crippen molar-refractivity contribution in [2.45, 2.75) is 58.0 Å². The van der Waals surface area contributed by atoms with Crippen LogP contribution in [0.4, 0.5) is 0 Å². The highest BCUT2D eigenvalue weighted by atomic mass is 16.5. The van der Waals surface area contributed by atoms with E-state index in [9.17, 15) is 0 Å². The lowest BCUT2D eigenvalue weighted by Crippen LogP contribution is -2.53. The molecule has 1 atom stereocenters. The zero-order valence-corrected chi connectivity index (χ0v) is 13.8. The third-order valence-corrected chi connectivity index (χ3v) is 4.97. The van der Waals surface area contributed by atoms with Gasteiger partial charge in [-0.3, -0.25) is 4.90 Å². The first-order valence-corrected chi connectivity index (χ1v) is 8.41. The Kier molecular flexibility index (Phi) is 5.65. The Morgan fingerprint density at radius 3 is 2.43 bits per heavy atom. The summed E-state index contributed by atoms with van der Waals surface area (Å²) in [6.07, 6.45) is 4.98. The highest BCUT2D eigenvalue weighted by molar-refractivity contribution is 5.32. The number of likely N-dealkylation sites (N-methyl/N-ethyl adjacent to an activating group) is 1. The topological polar surface area (TPSA) is 38.5 Å². The summed E-state index contributed by atoms with van der Waals surface area (Å²) < 4.78 is 5.64. The van der Waals surface area contributed by atoms with E-state index in [1.54, 1.807) is 0 Å². The Hall–Kier alpha value is -1.06. The lowest BCUT2D eigenvalue weighted by atomic mass is 9.82. The monoisotopic (exact) mass is 290 g/mol. The van der Waals surface area contributed by atoms with Gasteiger partial charge in [-0.1, -0.05) is 38.8 Å². The van der Waals surface area contributed by atoms with Gasteiger partial charge in [0, 0.05) is 11.6 Å². The van der Waals surface area contributed by atoms with E-state index in [1.165, 1.54) is 31.2 Å². The van der Waals surface area contributed by atoms with Crippen LogP contribution >= 0.6 is 0 Å². The molecule has 0 spiro atoms. The van der Waals surface area contributed by atoms with Gasteiger partial charge in [0.15, 0.2) is 0 Å². The zero-order chi connectivity index (χ0) is 15.3. The molecular weight excluding hydrogens is 260 g/mol. The Balaban J connectivity index is 2.30. The molecule has 1 aliphatic carbocycles. The first-order chi connectivity index (χ1) is 10.2. The molecule has 2 N–H and O–H groups in total. The molecule has 0 amide bonds. The summed E-state index contributed by atoms with van der Waals surface area (Å²) >= 11 is 0. The lowest BCUT2D eigenvalue weighted by molar-refractivity contribution is 0.0769. The van der Waals surface area contributed by atoms with E-state index in [0.717, 1.165) is 18.8 Å². The molecule has 3 heteroatoms. The van der Waals surface area contributed by atoms with Crippen LogP contribution in [0.25, 0.3) is 0 Å². The molecule has 1 unspecified atom stereocenters. The third-order valence-electron chi connectivity index (χ3n) is 4.97. The van der Waals surface area contributed by atoms with Gasteiger partial charge in [0.25, 0.3) is 0 Å². The molecule has 1 saturated carbocycles. The average molecular weight is 290 g/mol. The van der Waals surface area contributed by atoms with E-state index in [0.29, 0.717) is 6.61 Å². The molecule has 0 saturated heterocycles. The predicted molar refractivity (Wildman–Crippen MR) is 88.7 cm³/mol. The second kappa shape index (κ2) is 7.28. The minimum atomic E-state index is 0.0558. The summed E-state index contributed by atoms with van der Waals surface area (Å²) in [6, 6.07) is 8.40. The van der Waals surface area contributed by atoms with E-state index in [2.05, 4.69) is 36.9 Å². The fourth-order valence-corrected chi connectivity index (χ4v) is 3.94. The number of rotatable bonds is 7. The summed E-state index contributed by atoms with van der Waals surface area (Å²) in [5.41, 5.74) is 8.08. The summed E-state index contributed by atoms with van der Waals surface area (Å²) in [4.78, 5) is 2.57. The van der Waals surface area contributed by atoms with Gasteiger partial charge in [0.1, 0.15) is 5.75 Å². The second-order valence-corrected chi connectivity index (χ2v) is 5.97. The molecule has 0 heterocycles. The van der Waals surface area contributed by atoms with Crippen LogP contribution in [0.1, 0.15) is 58.1 Å². The minimum absolute atomic E-state index is 0.0558. The van der Waals surface area contributed by atoms with Gasteiger partial charge < -0.3 is 10.5 Å². The highest BCUT2D eigenvalue weighted by Crippen LogP contribution is 2.43. The number of nitrogens with two attached hydrogens (primary N) is 1.